The predicted molar refractivity (Wildman–Crippen MR) is 144 cm³/mol. The molecule has 1 atom stereocenters. The van der Waals surface area contributed by atoms with Crippen molar-refractivity contribution in [1.82, 2.24) is 0 Å². The zero-order valence-corrected chi connectivity index (χ0v) is 21.1. The van der Waals surface area contributed by atoms with Gasteiger partial charge in [-0.3, -0.25) is 15.1 Å². The molecular weight excluding hydrogens is 452 g/mol. The number of benzene rings is 3. The maximum Gasteiger partial charge on any atom is 0.343 e. The Labute approximate surface area is 213 Å². The monoisotopic (exact) mass is 486 g/mol. The summed E-state index contributed by atoms with van der Waals surface area (Å²) in [6, 6.07) is 20.7. The number of aliphatic imine (C=N–C) groups is 1. The van der Waals surface area contributed by atoms with Gasteiger partial charge in [0, 0.05) is 18.3 Å². The summed E-state index contributed by atoms with van der Waals surface area (Å²) in [6.45, 7) is 4.57. The molecule has 6 heteroatoms. The van der Waals surface area contributed by atoms with E-state index in [9.17, 15) is 14.9 Å². The van der Waals surface area contributed by atoms with Gasteiger partial charge in [0.2, 0.25) is 0 Å². The van der Waals surface area contributed by atoms with Gasteiger partial charge in [-0.1, -0.05) is 58.1 Å². The average Bonchev–Trinajstić information content (AvgIpc) is 2.90. The summed E-state index contributed by atoms with van der Waals surface area (Å²) in [6.07, 6.45) is 10.4. The number of hydrogen-bond acceptors (Lipinski definition) is 5. The van der Waals surface area contributed by atoms with Gasteiger partial charge in [0.15, 0.2) is 0 Å². The lowest BCUT2D eigenvalue weighted by atomic mass is 9.95. The molecule has 0 aliphatic carbocycles. The summed E-state index contributed by atoms with van der Waals surface area (Å²) in [7, 11) is 0. The Hall–Kier alpha value is -3.80. The molecule has 0 aliphatic heterocycles. The van der Waals surface area contributed by atoms with Crippen LogP contribution in [-0.4, -0.2) is 17.1 Å². The smallest absolute Gasteiger partial charge is 0.343 e. The van der Waals surface area contributed by atoms with E-state index in [2.05, 4.69) is 18.8 Å². The van der Waals surface area contributed by atoms with Crippen molar-refractivity contribution >= 4 is 23.6 Å². The van der Waals surface area contributed by atoms with Crippen molar-refractivity contribution in [2.24, 2.45) is 10.9 Å². The second-order valence-corrected chi connectivity index (χ2v) is 9.18. The van der Waals surface area contributed by atoms with Crippen LogP contribution in [0, 0.1) is 16.0 Å². The summed E-state index contributed by atoms with van der Waals surface area (Å²) >= 11 is 0. The first-order valence-electron chi connectivity index (χ1n) is 12.6. The Morgan fingerprint density at radius 2 is 1.64 bits per heavy atom. The number of aryl methyl sites for hydroxylation is 1. The Morgan fingerprint density at radius 3 is 2.28 bits per heavy atom. The van der Waals surface area contributed by atoms with Crippen LogP contribution in [0.25, 0.3) is 0 Å². The third-order valence-corrected chi connectivity index (χ3v) is 6.18. The quantitative estimate of drug-likeness (QED) is 0.0610. The maximum absolute atomic E-state index is 12.5. The van der Waals surface area contributed by atoms with Crippen LogP contribution < -0.4 is 4.74 Å². The van der Waals surface area contributed by atoms with E-state index in [4.69, 9.17) is 4.74 Å². The minimum Gasteiger partial charge on any atom is -0.423 e. The van der Waals surface area contributed by atoms with Crippen molar-refractivity contribution in [3.63, 3.8) is 0 Å². The number of ether oxygens (including phenoxy) is 1. The number of nitro benzene ring substituents is 1. The SMILES string of the molecule is CCCCCCC(C)CCc1ccc(OC(=O)c2ccc(N=Cc3ccc([N+](=O)[O-])cc3)cc2)cc1. The predicted octanol–water partition coefficient (Wildman–Crippen LogP) is 8.10. The van der Waals surface area contributed by atoms with Gasteiger partial charge in [0.1, 0.15) is 5.75 Å². The van der Waals surface area contributed by atoms with E-state index >= 15 is 0 Å². The van der Waals surface area contributed by atoms with Gasteiger partial charge < -0.3 is 4.74 Å². The number of rotatable bonds is 13. The molecule has 0 spiro atoms. The second-order valence-electron chi connectivity index (χ2n) is 9.18. The molecule has 0 aromatic heterocycles. The summed E-state index contributed by atoms with van der Waals surface area (Å²) in [5, 5.41) is 10.7. The van der Waals surface area contributed by atoms with E-state index in [1.165, 1.54) is 56.2 Å². The van der Waals surface area contributed by atoms with Crippen LogP contribution in [0.4, 0.5) is 11.4 Å². The average molecular weight is 487 g/mol. The number of hydrogen-bond donors (Lipinski definition) is 0. The van der Waals surface area contributed by atoms with Crippen molar-refractivity contribution in [1.29, 1.82) is 0 Å². The van der Waals surface area contributed by atoms with E-state index in [1.54, 1.807) is 42.6 Å². The molecule has 3 aromatic carbocycles. The zero-order chi connectivity index (χ0) is 25.8. The van der Waals surface area contributed by atoms with Crippen LogP contribution in [0.1, 0.15) is 73.9 Å². The molecule has 0 saturated heterocycles. The fraction of sp³-hybridized carbons (Fsp3) is 0.333. The molecule has 0 radical (unpaired) electrons. The van der Waals surface area contributed by atoms with Gasteiger partial charge in [0.25, 0.3) is 5.69 Å². The molecular formula is C30H34N2O4. The fourth-order valence-electron chi connectivity index (χ4n) is 3.88. The molecule has 3 rings (SSSR count). The summed E-state index contributed by atoms with van der Waals surface area (Å²) in [4.78, 5) is 27.2. The van der Waals surface area contributed by atoms with Crippen LogP contribution >= 0.6 is 0 Å². The third kappa shape index (κ3) is 8.77. The summed E-state index contributed by atoms with van der Waals surface area (Å²) in [5.74, 6) is 0.826. The van der Waals surface area contributed by atoms with Crippen LogP contribution in [-0.2, 0) is 6.42 Å². The summed E-state index contributed by atoms with van der Waals surface area (Å²) < 4.78 is 5.52. The first-order valence-corrected chi connectivity index (χ1v) is 12.6. The fourth-order valence-corrected chi connectivity index (χ4v) is 3.88. The highest BCUT2D eigenvalue weighted by atomic mass is 16.6. The number of carbonyl (C=O) groups is 1. The lowest BCUT2D eigenvalue weighted by Gasteiger charge is -2.11. The van der Waals surface area contributed by atoms with E-state index in [0.717, 1.165) is 17.9 Å². The number of unbranched alkanes of at least 4 members (excludes halogenated alkanes) is 3. The van der Waals surface area contributed by atoms with Crippen molar-refractivity contribution in [2.45, 2.75) is 58.8 Å². The highest BCUT2D eigenvalue weighted by molar-refractivity contribution is 5.91. The van der Waals surface area contributed by atoms with Crippen molar-refractivity contribution < 1.29 is 14.5 Å². The number of nitro groups is 1. The van der Waals surface area contributed by atoms with E-state index in [-0.39, 0.29) is 5.69 Å². The molecule has 0 fully saturated rings. The van der Waals surface area contributed by atoms with Crippen molar-refractivity contribution in [3.8, 4) is 5.75 Å². The van der Waals surface area contributed by atoms with Gasteiger partial charge in [-0.15, -0.1) is 0 Å². The van der Waals surface area contributed by atoms with E-state index in [0.29, 0.717) is 17.0 Å². The standard InChI is InChI=1S/C30H34N2O4/c1-3-4-5-6-7-23(2)8-9-24-12-20-29(21-13-24)36-30(33)26-14-16-27(17-15-26)31-22-25-10-18-28(19-11-25)32(34)35/h10-23H,3-9H2,1-2H3. The molecule has 0 amide bonds. The second kappa shape index (κ2) is 13.9. The van der Waals surface area contributed by atoms with Gasteiger partial charge in [-0.25, -0.2) is 4.79 Å². The Kier molecular flexibility index (Phi) is 10.4. The molecule has 0 heterocycles. The lowest BCUT2D eigenvalue weighted by molar-refractivity contribution is -0.384. The minimum atomic E-state index is -0.440. The highest BCUT2D eigenvalue weighted by Gasteiger charge is 2.09. The first kappa shape index (κ1) is 26.8. The largest absolute Gasteiger partial charge is 0.423 e. The number of nitrogens with zero attached hydrogens (tertiary/aromatic N) is 2. The molecule has 0 bridgehead atoms. The molecule has 1 unspecified atom stereocenters. The number of non-ortho nitro benzene ring substituents is 1. The molecule has 36 heavy (non-hydrogen) atoms. The molecule has 0 aliphatic rings. The molecule has 188 valence electrons. The van der Waals surface area contributed by atoms with Crippen LogP contribution in [0.3, 0.4) is 0 Å². The van der Waals surface area contributed by atoms with Gasteiger partial charge >= 0.3 is 5.97 Å². The van der Waals surface area contributed by atoms with Gasteiger partial charge in [-0.2, -0.15) is 0 Å². The number of carbonyl (C=O) groups excluding carboxylic acids is 1. The number of esters is 1. The van der Waals surface area contributed by atoms with Crippen molar-refractivity contribution in [2.75, 3.05) is 0 Å². The molecule has 0 saturated carbocycles. The van der Waals surface area contributed by atoms with Gasteiger partial charge in [-0.05, 0) is 78.4 Å². The molecule has 0 N–H and O–H groups in total. The van der Waals surface area contributed by atoms with Crippen molar-refractivity contribution in [3.05, 3.63) is 99.6 Å². The minimum absolute atomic E-state index is 0.0346. The Morgan fingerprint density at radius 1 is 0.944 bits per heavy atom. The highest BCUT2D eigenvalue weighted by Crippen LogP contribution is 2.20. The molecule has 3 aromatic rings. The van der Waals surface area contributed by atoms with Crippen LogP contribution in [0.15, 0.2) is 77.8 Å². The maximum atomic E-state index is 12.5. The zero-order valence-electron chi connectivity index (χ0n) is 21.1. The lowest BCUT2D eigenvalue weighted by Crippen LogP contribution is -2.08. The van der Waals surface area contributed by atoms with Crippen LogP contribution in [0.5, 0.6) is 5.75 Å². The Bertz CT molecular complexity index is 1140. The summed E-state index contributed by atoms with van der Waals surface area (Å²) in [5.41, 5.74) is 3.13. The van der Waals surface area contributed by atoms with E-state index in [1.807, 2.05) is 24.3 Å². The van der Waals surface area contributed by atoms with Crippen LogP contribution in [0.2, 0.25) is 0 Å². The first-order chi connectivity index (χ1) is 17.4. The Balaban J connectivity index is 1.47. The third-order valence-electron chi connectivity index (χ3n) is 6.18. The normalized spacial score (nSPS) is 11.9. The van der Waals surface area contributed by atoms with Gasteiger partial charge in [0.05, 0.1) is 16.2 Å². The molecule has 6 nitrogen and oxygen atoms in total. The topological polar surface area (TPSA) is 81.8 Å². The van der Waals surface area contributed by atoms with E-state index < -0.39 is 10.9 Å².